The van der Waals surface area contributed by atoms with Crippen LogP contribution >= 0.6 is 0 Å². The highest BCUT2D eigenvalue weighted by Gasteiger charge is 2.53. The third kappa shape index (κ3) is 3.99. The van der Waals surface area contributed by atoms with Crippen molar-refractivity contribution in [1.82, 2.24) is 14.8 Å². The maximum atomic E-state index is 14.5. The van der Waals surface area contributed by atoms with Gasteiger partial charge in [-0.1, -0.05) is 27.2 Å². The predicted octanol–water partition coefficient (Wildman–Crippen LogP) is 8.39. The number of fused-ring (bicyclic) bond motifs is 2. The van der Waals surface area contributed by atoms with Crippen molar-refractivity contribution in [3.8, 4) is 5.69 Å². The van der Waals surface area contributed by atoms with Crippen LogP contribution in [-0.4, -0.2) is 28.0 Å². The maximum absolute atomic E-state index is 14.5. The summed E-state index contributed by atoms with van der Waals surface area (Å²) in [5, 5.41) is 9.65. The summed E-state index contributed by atoms with van der Waals surface area (Å²) >= 11 is 0. The minimum absolute atomic E-state index is 0.331. The Morgan fingerprint density at radius 2 is 1.76 bits per heavy atom. The van der Waals surface area contributed by atoms with Crippen molar-refractivity contribution in [3.05, 3.63) is 59.4 Å². The van der Waals surface area contributed by atoms with Gasteiger partial charge in [0.05, 0.1) is 17.2 Å². The third-order valence-electron chi connectivity index (χ3n) is 9.16. The van der Waals surface area contributed by atoms with E-state index in [2.05, 4.69) is 33.8 Å². The van der Waals surface area contributed by atoms with E-state index in [0.717, 1.165) is 48.4 Å². The van der Waals surface area contributed by atoms with Crippen LogP contribution in [0.15, 0.2) is 36.5 Å². The second-order valence-electron chi connectivity index (χ2n) is 11.2. The van der Waals surface area contributed by atoms with E-state index in [1.54, 1.807) is 6.07 Å². The second kappa shape index (κ2) is 9.54. The Morgan fingerprint density at radius 1 is 1.00 bits per heavy atom. The first-order valence-electron chi connectivity index (χ1n) is 14.1. The van der Waals surface area contributed by atoms with Gasteiger partial charge in [-0.05, 0) is 85.6 Å². The fourth-order valence-electron chi connectivity index (χ4n) is 7.45. The molecule has 0 radical (unpaired) electrons. The van der Waals surface area contributed by atoms with Gasteiger partial charge in [-0.3, -0.25) is 5.10 Å². The highest BCUT2D eigenvalue weighted by molar-refractivity contribution is 5.99. The Kier molecular flexibility index (Phi) is 6.34. The molecule has 37 heavy (non-hydrogen) atoms. The molecule has 4 aromatic rings. The number of H-pyrrole nitrogens is 1. The van der Waals surface area contributed by atoms with Gasteiger partial charge in [-0.25, -0.2) is 8.78 Å². The minimum atomic E-state index is -0.813. The molecule has 6 heteroatoms. The van der Waals surface area contributed by atoms with Gasteiger partial charge in [-0.15, -0.1) is 0 Å². The third-order valence-corrected chi connectivity index (χ3v) is 9.16. The van der Waals surface area contributed by atoms with Crippen LogP contribution in [0.25, 0.3) is 27.5 Å². The number of ether oxygens (including phenoxy) is 1. The van der Waals surface area contributed by atoms with Crippen LogP contribution < -0.4 is 0 Å². The summed E-state index contributed by atoms with van der Waals surface area (Å²) in [7, 11) is 0. The molecular formula is C31H37F2N3O. The lowest BCUT2D eigenvalue weighted by Gasteiger charge is -2.58. The number of halogens is 2. The standard InChI is InChI=1S/C29H31F2N3O.C2H6/c1-2-17-12-29(13-17)14-20(15-29)27-22-11-25-19(16-32-33-25)9-26(22)34(21-3-4-23(30)24(31)10-21)28(27)18-5-7-35-8-6-18;1-2/h3-4,9-11,16-18,20H,2,5-8,12-15H2,1H3,(H,32,33);1-2H3. The minimum Gasteiger partial charge on any atom is -0.381 e. The van der Waals surface area contributed by atoms with E-state index in [4.69, 9.17) is 4.74 Å². The molecule has 3 aliphatic rings. The van der Waals surface area contributed by atoms with E-state index in [1.165, 1.54) is 60.9 Å². The van der Waals surface area contributed by atoms with Crippen LogP contribution in [0.5, 0.6) is 0 Å². The number of aromatic amines is 1. The van der Waals surface area contributed by atoms with Gasteiger partial charge in [0.2, 0.25) is 0 Å². The zero-order chi connectivity index (χ0) is 25.7. The van der Waals surface area contributed by atoms with Gasteiger partial charge in [0, 0.05) is 47.4 Å². The number of nitrogens with zero attached hydrogens (tertiary/aromatic N) is 2. The summed E-state index contributed by atoms with van der Waals surface area (Å²) in [4.78, 5) is 0. The highest BCUT2D eigenvalue weighted by Crippen LogP contribution is 2.66. The largest absolute Gasteiger partial charge is 0.381 e. The van der Waals surface area contributed by atoms with E-state index in [0.29, 0.717) is 22.9 Å². The zero-order valence-corrected chi connectivity index (χ0v) is 22.1. The average molecular weight is 506 g/mol. The quantitative estimate of drug-likeness (QED) is 0.303. The molecular weight excluding hydrogens is 468 g/mol. The van der Waals surface area contributed by atoms with Crippen LogP contribution in [0, 0.1) is 23.0 Å². The number of hydrogen-bond acceptors (Lipinski definition) is 2. The lowest BCUT2D eigenvalue weighted by molar-refractivity contribution is -0.0427. The van der Waals surface area contributed by atoms with Crippen LogP contribution in [0.3, 0.4) is 0 Å². The summed E-state index contributed by atoms with van der Waals surface area (Å²) in [6.07, 6.45) is 10.2. The molecule has 2 aromatic heterocycles. The Bertz CT molecular complexity index is 1420. The van der Waals surface area contributed by atoms with Crippen LogP contribution in [0.4, 0.5) is 8.78 Å². The molecule has 4 nitrogen and oxygen atoms in total. The van der Waals surface area contributed by atoms with Gasteiger partial charge < -0.3 is 9.30 Å². The first-order valence-corrected chi connectivity index (χ1v) is 14.1. The van der Waals surface area contributed by atoms with Gasteiger partial charge in [0.1, 0.15) is 0 Å². The van der Waals surface area contributed by atoms with Crippen molar-refractivity contribution in [3.63, 3.8) is 0 Å². The fourth-order valence-corrected chi connectivity index (χ4v) is 7.45. The van der Waals surface area contributed by atoms with E-state index in [9.17, 15) is 8.78 Å². The van der Waals surface area contributed by atoms with E-state index < -0.39 is 11.6 Å². The summed E-state index contributed by atoms with van der Waals surface area (Å²) in [6, 6.07) is 8.70. The molecule has 1 spiro atoms. The predicted molar refractivity (Wildman–Crippen MR) is 144 cm³/mol. The van der Waals surface area contributed by atoms with Crippen molar-refractivity contribution in [2.45, 2.75) is 77.6 Å². The number of rotatable bonds is 4. The summed E-state index contributed by atoms with van der Waals surface area (Å²) < 4.78 is 36.3. The van der Waals surface area contributed by atoms with E-state index >= 15 is 0 Å². The molecule has 196 valence electrons. The van der Waals surface area contributed by atoms with Crippen molar-refractivity contribution >= 4 is 21.8 Å². The van der Waals surface area contributed by atoms with Crippen molar-refractivity contribution in [2.75, 3.05) is 13.2 Å². The van der Waals surface area contributed by atoms with Gasteiger partial charge >= 0.3 is 0 Å². The van der Waals surface area contributed by atoms with Crippen molar-refractivity contribution < 1.29 is 13.5 Å². The van der Waals surface area contributed by atoms with Crippen molar-refractivity contribution in [1.29, 1.82) is 0 Å². The highest BCUT2D eigenvalue weighted by atomic mass is 19.2. The maximum Gasteiger partial charge on any atom is 0.160 e. The smallest absolute Gasteiger partial charge is 0.160 e. The van der Waals surface area contributed by atoms with Gasteiger partial charge in [-0.2, -0.15) is 5.10 Å². The number of aromatic nitrogens is 3. The van der Waals surface area contributed by atoms with Crippen LogP contribution in [-0.2, 0) is 4.74 Å². The number of benzene rings is 2. The van der Waals surface area contributed by atoms with Crippen LogP contribution in [0.2, 0.25) is 0 Å². The Balaban J connectivity index is 0.00000123. The monoisotopic (exact) mass is 505 g/mol. The summed E-state index contributed by atoms with van der Waals surface area (Å²) in [5.41, 5.74) is 5.98. The first-order chi connectivity index (χ1) is 18.0. The topological polar surface area (TPSA) is 42.8 Å². The lowest BCUT2D eigenvalue weighted by atomic mass is 9.46. The van der Waals surface area contributed by atoms with Gasteiger partial charge in [0.15, 0.2) is 11.6 Å². The Hall–Kier alpha value is -2.73. The fraction of sp³-hybridized carbons (Fsp3) is 0.516. The van der Waals surface area contributed by atoms with E-state index in [1.807, 2.05) is 20.0 Å². The molecule has 7 rings (SSSR count). The molecule has 3 fully saturated rings. The molecule has 2 aromatic carbocycles. The number of hydrogen-bond donors (Lipinski definition) is 1. The molecule has 1 N–H and O–H groups in total. The average Bonchev–Trinajstić information content (AvgIpc) is 3.47. The van der Waals surface area contributed by atoms with Gasteiger partial charge in [0.25, 0.3) is 0 Å². The molecule has 0 amide bonds. The lowest BCUT2D eigenvalue weighted by Crippen LogP contribution is -2.46. The zero-order valence-electron chi connectivity index (χ0n) is 22.1. The number of nitrogens with one attached hydrogen (secondary N) is 1. The Labute approximate surface area is 217 Å². The second-order valence-corrected chi connectivity index (χ2v) is 11.2. The first kappa shape index (κ1) is 24.6. The molecule has 1 saturated heterocycles. The summed E-state index contributed by atoms with van der Waals surface area (Å²) in [5.74, 6) is 0.0961. The summed E-state index contributed by atoms with van der Waals surface area (Å²) in [6.45, 7) is 7.78. The Morgan fingerprint density at radius 3 is 2.46 bits per heavy atom. The SMILES string of the molecule is CC.CCC1CC2(C1)CC(c1c(C3CCOCC3)n(-c3ccc(F)c(F)c3)c3cc4cn[nH]c4cc13)C2. The molecule has 2 aliphatic carbocycles. The molecule has 3 heterocycles. The van der Waals surface area contributed by atoms with Crippen LogP contribution in [0.1, 0.15) is 88.8 Å². The molecule has 0 bridgehead atoms. The molecule has 1 aliphatic heterocycles. The molecule has 0 unspecified atom stereocenters. The van der Waals surface area contributed by atoms with E-state index in [-0.39, 0.29) is 0 Å². The normalized spacial score (nSPS) is 25.6. The van der Waals surface area contributed by atoms with Crippen molar-refractivity contribution in [2.24, 2.45) is 11.3 Å². The molecule has 2 saturated carbocycles. The molecule has 0 atom stereocenters.